The average molecular weight is 275 g/mol. The second kappa shape index (κ2) is 4.41. The SMILES string of the molecule is Cc1ncc([N+](=O)[O-])n1Cc1nc2ccc(F)cc2[nH]1. The molecule has 0 amide bonds. The Labute approximate surface area is 112 Å². The average Bonchev–Trinajstić information content (AvgIpc) is 2.93. The summed E-state index contributed by atoms with van der Waals surface area (Å²) in [5.74, 6) is 0.560. The van der Waals surface area contributed by atoms with Crippen molar-refractivity contribution in [1.82, 2.24) is 19.5 Å². The number of rotatable bonds is 3. The fourth-order valence-corrected chi connectivity index (χ4v) is 2.06. The molecule has 3 aromatic rings. The van der Waals surface area contributed by atoms with Crippen LogP contribution < -0.4 is 0 Å². The standard InChI is InChI=1S/C12H10FN5O2/c1-7-14-5-12(18(19)20)17(7)6-11-15-9-3-2-8(13)4-10(9)16-11/h2-5H,6H2,1H3,(H,15,16). The first kappa shape index (κ1) is 12.3. The smallest absolute Gasteiger partial charge is 0.343 e. The van der Waals surface area contributed by atoms with E-state index in [1.54, 1.807) is 13.0 Å². The normalized spacial score (nSPS) is 11.1. The minimum Gasteiger partial charge on any atom is -0.358 e. The molecule has 3 rings (SSSR count). The van der Waals surface area contributed by atoms with Gasteiger partial charge >= 0.3 is 5.82 Å². The first-order chi connectivity index (χ1) is 9.54. The molecule has 1 N–H and O–H groups in total. The van der Waals surface area contributed by atoms with Gasteiger partial charge in [0.1, 0.15) is 17.8 Å². The zero-order chi connectivity index (χ0) is 14.3. The number of hydrogen-bond donors (Lipinski definition) is 1. The van der Waals surface area contributed by atoms with Crippen molar-refractivity contribution in [2.75, 3.05) is 0 Å². The zero-order valence-corrected chi connectivity index (χ0v) is 10.5. The van der Waals surface area contributed by atoms with Crippen molar-refractivity contribution >= 4 is 16.9 Å². The Bertz CT molecular complexity index is 807. The molecule has 8 heteroatoms. The van der Waals surface area contributed by atoms with Crippen molar-refractivity contribution in [3.05, 3.63) is 52.0 Å². The van der Waals surface area contributed by atoms with Gasteiger partial charge in [0.05, 0.1) is 11.0 Å². The van der Waals surface area contributed by atoms with Gasteiger partial charge in [-0.1, -0.05) is 0 Å². The molecule has 0 saturated carbocycles. The van der Waals surface area contributed by atoms with E-state index in [-0.39, 0.29) is 18.2 Å². The Morgan fingerprint density at radius 3 is 3.05 bits per heavy atom. The number of H-pyrrole nitrogens is 1. The van der Waals surface area contributed by atoms with Crippen LogP contribution in [0.5, 0.6) is 0 Å². The molecule has 0 bridgehead atoms. The van der Waals surface area contributed by atoms with Crippen molar-refractivity contribution in [2.45, 2.75) is 13.5 Å². The maximum atomic E-state index is 13.1. The monoisotopic (exact) mass is 275 g/mol. The van der Waals surface area contributed by atoms with Gasteiger partial charge in [0.2, 0.25) is 0 Å². The number of nitro groups is 1. The van der Waals surface area contributed by atoms with Crippen LogP contribution in [0.3, 0.4) is 0 Å². The molecule has 0 aliphatic heterocycles. The third-order valence-corrected chi connectivity index (χ3v) is 3.02. The van der Waals surface area contributed by atoms with Gasteiger partial charge in [-0.3, -0.25) is 0 Å². The Morgan fingerprint density at radius 1 is 1.50 bits per heavy atom. The van der Waals surface area contributed by atoms with Gasteiger partial charge in [-0.25, -0.2) is 18.9 Å². The zero-order valence-electron chi connectivity index (χ0n) is 10.5. The van der Waals surface area contributed by atoms with Crippen LogP contribution in [0.4, 0.5) is 10.2 Å². The highest BCUT2D eigenvalue weighted by atomic mass is 19.1. The lowest BCUT2D eigenvalue weighted by molar-refractivity contribution is -0.392. The number of hydrogen-bond acceptors (Lipinski definition) is 4. The molecule has 20 heavy (non-hydrogen) atoms. The molecular weight excluding hydrogens is 265 g/mol. The van der Waals surface area contributed by atoms with Gasteiger partial charge in [0.25, 0.3) is 0 Å². The van der Waals surface area contributed by atoms with Crippen LogP contribution in [0.15, 0.2) is 24.4 Å². The molecule has 0 aliphatic rings. The number of benzene rings is 1. The number of halogens is 1. The molecule has 0 radical (unpaired) electrons. The molecule has 1 aromatic carbocycles. The number of aromatic amines is 1. The molecule has 0 atom stereocenters. The van der Waals surface area contributed by atoms with Crippen molar-refractivity contribution in [2.24, 2.45) is 0 Å². The van der Waals surface area contributed by atoms with Crippen molar-refractivity contribution < 1.29 is 9.31 Å². The molecule has 102 valence electrons. The summed E-state index contributed by atoms with van der Waals surface area (Å²) in [5, 5.41) is 10.9. The summed E-state index contributed by atoms with van der Waals surface area (Å²) >= 11 is 0. The van der Waals surface area contributed by atoms with Crippen molar-refractivity contribution in [1.29, 1.82) is 0 Å². The van der Waals surface area contributed by atoms with Gasteiger partial charge in [-0.15, -0.1) is 0 Å². The lowest BCUT2D eigenvalue weighted by Gasteiger charge is -1.99. The second-order valence-corrected chi connectivity index (χ2v) is 4.35. The highest BCUT2D eigenvalue weighted by Gasteiger charge is 2.19. The number of aryl methyl sites for hydroxylation is 1. The largest absolute Gasteiger partial charge is 0.358 e. The third-order valence-electron chi connectivity index (χ3n) is 3.02. The predicted molar refractivity (Wildman–Crippen MR) is 68.8 cm³/mol. The van der Waals surface area contributed by atoms with E-state index in [1.807, 2.05) is 0 Å². The number of imidazole rings is 2. The molecule has 0 aliphatic carbocycles. The molecule has 2 aromatic heterocycles. The Hall–Kier alpha value is -2.77. The molecule has 0 spiro atoms. The third kappa shape index (κ3) is 2.00. The van der Waals surface area contributed by atoms with Gasteiger partial charge in [-0.2, -0.15) is 0 Å². The molecular formula is C12H10FN5O2. The Kier molecular flexibility index (Phi) is 2.70. The Balaban J connectivity index is 2.01. The minimum atomic E-state index is -0.498. The van der Waals surface area contributed by atoms with Gasteiger partial charge in [-0.05, 0) is 23.1 Å². The summed E-state index contributed by atoms with van der Waals surface area (Å²) in [6.45, 7) is 1.85. The molecule has 0 fully saturated rings. The van der Waals surface area contributed by atoms with Crippen LogP contribution in [-0.2, 0) is 6.54 Å². The van der Waals surface area contributed by atoms with E-state index in [0.717, 1.165) is 0 Å². The number of nitrogens with zero attached hydrogens (tertiary/aromatic N) is 4. The predicted octanol–water partition coefficient (Wildman–Crippen LogP) is 2.16. The van der Waals surface area contributed by atoms with Gasteiger partial charge in [0.15, 0.2) is 12.4 Å². The lowest BCUT2D eigenvalue weighted by atomic mass is 10.3. The molecule has 0 unspecified atom stereocenters. The van der Waals surface area contributed by atoms with E-state index >= 15 is 0 Å². The van der Waals surface area contributed by atoms with E-state index in [0.29, 0.717) is 22.7 Å². The fraction of sp³-hybridized carbons (Fsp3) is 0.167. The number of nitrogens with one attached hydrogen (secondary N) is 1. The van der Waals surface area contributed by atoms with E-state index in [4.69, 9.17) is 0 Å². The maximum absolute atomic E-state index is 13.1. The highest BCUT2D eigenvalue weighted by molar-refractivity contribution is 5.74. The fourth-order valence-electron chi connectivity index (χ4n) is 2.06. The summed E-state index contributed by atoms with van der Waals surface area (Å²) < 4.78 is 14.5. The quantitative estimate of drug-likeness (QED) is 0.586. The van der Waals surface area contributed by atoms with Crippen LogP contribution in [0.2, 0.25) is 0 Å². The van der Waals surface area contributed by atoms with E-state index in [9.17, 15) is 14.5 Å². The first-order valence-corrected chi connectivity index (χ1v) is 5.85. The van der Waals surface area contributed by atoms with Crippen LogP contribution in [-0.4, -0.2) is 24.4 Å². The van der Waals surface area contributed by atoms with Crippen LogP contribution in [0.25, 0.3) is 11.0 Å². The summed E-state index contributed by atoms with van der Waals surface area (Å²) in [6, 6.07) is 4.21. The Morgan fingerprint density at radius 2 is 2.30 bits per heavy atom. The number of fused-ring (bicyclic) bond motifs is 1. The molecule has 2 heterocycles. The number of aromatic nitrogens is 4. The van der Waals surface area contributed by atoms with E-state index < -0.39 is 4.92 Å². The summed E-state index contributed by atoms with van der Waals surface area (Å²) in [7, 11) is 0. The topological polar surface area (TPSA) is 89.6 Å². The van der Waals surface area contributed by atoms with Gasteiger partial charge in [0, 0.05) is 6.92 Å². The van der Waals surface area contributed by atoms with Crippen LogP contribution in [0, 0.1) is 22.9 Å². The summed E-state index contributed by atoms with van der Waals surface area (Å²) in [4.78, 5) is 21.6. The van der Waals surface area contributed by atoms with Crippen molar-refractivity contribution in [3.8, 4) is 0 Å². The first-order valence-electron chi connectivity index (χ1n) is 5.85. The second-order valence-electron chi connectivity index (χ2n) is 4.35. The van der Waals surface area contributed by atoms with E-state index in [1.165, 1.54) is 22.9 Å². The summed E-state index contributed by atoms with van der Waals surface area (Å²) in [5.41, 5.74) is 1.17. The van der Waals surface area contributed by atoms with Crippen molar-refractivity contribution in [3.63, 3.8) is 0 Å². The minimum absolute atomic E-state index is 0.103. The lowest BCUT2D eigenvalue weighted by Crippen LogP contribution is -2.07. The maximum Gasteiger partial charge on any atom is 0.343 e. The highest BCUT2D eigenvalue weighted by Crippen LogP contribution is 2.17. The van der Waals surface area contributed by atoms with Crippen LogP contribution in [0.1, 0.15) is 11.6 Å². The summed E-state index contributed by atoms with van der Waals surface area (Å²) in [6.07, 6.45) is 1.21. The molecule has 7 nitrogen and oxygen atoms in total. The van der Waals surface area contributed by atoms with Crippen LogP contribution >= 0.6 is 0 Å². The van der Waals surface area contributed by atoms with E-state index in [2.05, 4.69) is 15.0 Å². The van der Waals surface area contributed by atoms with Gasteiger partial charge < -0.3 is 15.1 Å². The molecule has 0 saturated heterocycles.